The van der Waals surface area contributed by atoms with Gasteiger partial charge in [0.2, 0.25) is 0 Å². The van der Waals surface area contributed by atoms with Crippen molar-refractivity contribution in [2.75, 3.05) is 6.61 Å². The average molecular weight is 313 g/mol. The zero-order valence-electron chi connectivity index (χ0n) is 8.25. The monoisotopic (exact) mass is 313 g/mol. The Hall–Kier alpha value is 0.139. The molecule has 0 aliphatic heterocycles. The maximum absolute atomic E-state index is 10.0. The summed E-state index contributed by atoms with van der Waals surface area (Å²) in [5.41, 5.74) is 0. The molecule has 0 saturated heterocycles. The summed E-state index contributed by atoms with van der Waals surface area (Å²) in [5.74, 6) is 0. The Morgan fingerprint density at radius 3 is 2.00 bits per heavy atom. The molecule has 0 heterocycles. The van der Waals surface area contributed by atoms with Gasteiger partial charge in [-0.3, -0.25) is 0 Å². The number of rotatable bonds is 7. The quantitative estimate of drug-likeness (QED) is 0.205. The van der Waals surface area contributed by atoms with Crippen molar-refractivity contribution < 1.29 is 61.2 Å². The third-order valence-electron chi connectivity index (χ3n) is 1.64. The number of phosphoric acid groups is 1. The minimum absolute atomic E-state index is 0. The topological polar surface area (TPSA) is 170 Å². The summed E-state index contributed by atoms with van der Waals surface area (Å²) in [5, 5.41) is 35.9. The molecule has 0 saturated carbocycles. The molecule has 0 aliphatic carbocycles. The Labute approximate surface area is 107 Å². The first kappa shape index (κ1) is 19.5. The molecule has 1 radical (unpaired) electrons. The number of hydrogen-bond donors (Lipinski definition) is 4. The Morgan fingerprint density at radius 1 is 1.18 bits per heavy atom. The molecule has 4 unspecified atom stereocenters. The van der Waals surface area contributed by atoms with E-state index in [0.717, 1.165) is 0 Å². The van der Waals surface area contributed by atoms with Crippen molar-refractivity contribution in [3.8, 4) is 0 Å². The molecule has 4 N–H and O–H groups in total. The van der Waals surface area contributed by atoms with Crippen LogP contribution in [0.2, 0.25) is 0 Å². The zero-order valence-corrected chi connectivity index (χ0v) is 10.3. The Bertz CT molecular complexity index is 268. The van der Waals surface area contributed by atoms with Crippen LogP contribution in [-0.2, 0) is 31.0 Å². The Morgan fingerprint density at radius 2 is 1.65 bits per heavy atom. The van der Waals surface area contributed by atoms with Gasteiger partial charge in [0.1, 0.15) is 24.4 Å². The van der Waals surface area contributed by atoms with Gasteiger partial charge in [-0.25, -0.2) is 0 Å². The molecule has 0 spiro atoms. The van der Waals surface area contributed by atoms with Crippen molar-refractivity contribution in [1.29, 1.82) is 0 Å². The molecule has 0 aliphatic rings. The van der Waals surface area contributed by atoms with Crippen LogP contribution in [0.1, 0.15) is 0 Å². The fourth-order valence-electron chi connectivity index (χ4n) is 0.776. The second kappa shape index (κ2) is 8.28. The minimum Gasteiger partial charge on any atom is -0.790 e. The second-order valence-electron chi connectivity index (χ2n) is 2.92. The van der Waals surface area contributed by atoms with E-state index in [2.05, 4.69) is 4.52 Å². The van der Waals surface area contributed by atoms with Crippen molar-refractivity contribution in [2.24, 2.45) is 0 Å². The van der Waals surface area contributed by atoms with E-state index < -0.39 is 38.8 Å². The normalized spacial score (nSPS) is 18.7. The summed E-state index contributed by atoms with van der Waals surface area (Å²) < 4.78 is 13.6. The van der Waals surface area contributed by atoms with E-state index in [4.69, 9.17) is 20.4 Å². The van der Waals surface area contributed by atoms with Crippen molar-refractivity contribution in [1.82, 2.24) is 0 Å². The third kappa shape index (κ3) is 7.96. The maximum atomic E-state index is 10.0. The predicted octanol–water partition coefficient (Wildman–Crippen LogP) is -4.53. The number of aliphatic hydroxyl groups excluding tert-OH is 4. The second-order valence-corrected chi connectivity index (χ2v) is 4.07. The van der Waals surface area contributed by atoms with Crippen LogP contribution in [0.5, 0.6) is 0 Å². The number of aldehydes is 1. The van der Waals surface area contributed by atoms with Crippen molar-refractivity contribution in [3.05, 3.63) is 0 Å². The molecule has 17 heavy (non-hydrogen) atoms. The summed E-state index contributed by atoms with van der Waals surface area (Å²) in [4.78, 5) is 30.0. The Kier molecular flexibility index (Phi) is 9.48. The molecule has 101 valence electrons. The van der Waals surface area contributed by atoms with Gasteiger partial charge in [-0.2, -0.15) is 0 Å². The van der Waals surface area contributed by atoms with Crippen LogP contribution < -0.4 is 9.79 Å². The number of carbonyl (C=O) groups is 1. The molecule has 9 nitrogen and oxygen atoms in total. The van der Waals surface area contributed by atoms with Crippen molar-refractivity contribution in [3.63, 3.8) is 0 Å². The minimum atomic E-state index is -5.30. The molecular formula is C6H11MnO9P. The van der Waals surface area contributed by atoms with Crippen LogP contribution in [0, 0.1) is 0 Å². The molecular weight excluding hydrogens is 302 g/mol. The third-order valence-corrected chi connectivity index (χ3v) is 2.10. The number of carbonyl (C=O) groups excluding carboxylic acids is 1. The SMILES string of the molecule is O=CC(O)C(O)C(O)C(O)COP(=O)([O-])[O-].[Mn+2]. The van der Waals surface area contributed by atoms with Crippen LogP contribution in [0.15, 0.2) is 0 Å². The zero-order chi connectivity index (χ0) is 12.9. The molecule has 0 aromatic heterocycles. The van der Waals surface area contributed by atoms with Crippen molar-refractivity contribution >= 4 is 14.1 Å². The largest absolute Gasteiger partial charge is 2.00 e. The van der Waals surface area contributed by atoms with Gasteiger partial charge in [-0.1, -0.05) is 0 Å². The fraction of sp³-hybridized carbons (Fsp3) is 0.833. The van der Waals surface area contributed by atoms with Gasteiger partial charge in [0, 0.05) is 0 Å². The predicted molar refractivity (Wildman–Crippen MR) is 43.6 cm³/mol. The molecule has 11 heteroatoms. The Balaban J connectivity index is 0. The van der Waals surface area contributed by atoms with E-state index in [9.17, 15) is 19.1 Å². The van der Waals surface area contributed by atoms with Gasteiger partial charge in [-0.05, 0) is 0 Å². The average Bonchev–Trinajstić information content (AvgIpc) is 2.21. The van der Waals surface area contributed by atoms with Gasteiger partial charge >= 0.3 is 17.1 Å². The molecule has 4 atom stereocenters. The summed E-state index contributed by atoms with van der Waals surface area (Å²) in [6.45, 7) is -1.09. The van der Waals surface area contributed by atoms with E-state index >= 15 is 0 Å². The van der Waals surface area contributed by atoms with E-state index in [1.54, 1.807) is 0 Å². The summed E-state index contributed by atoms with van der Waals surface area (Å²) in [6.07, 6.45) is -8.04. The van der Waals surface area contributed by atoms with E-state index in [0.29, 0.717) is 0 Å². The number of phosphoric ester groups is 1. The maximum Gasteiger partial charge on any atom is 2.00 e. The van der Waals surface area contributed by atoms with E-state index in [1.165, 1.54) is 0 Å². The van der Waals surface area contributed by atoms with Crippen molar-refractivity contribution in [2.45, 2.75) is 24.4 Å². The molecule has 0 fully saturated rings. The van der Waals surface area contributed by atoms with Gasteiger partial charge in [-0.15, -0.1) is 0 Å². The molecule has 0 aromatic rings. The van der Waals surface area contributed by atoms with Crippen LogP contribution in [0.25, 0.3) is 0 Å². The number of hydrogen-bond acceptors (Lipinski definition) is 9. The first-order valence-electron chi connectivity index (χ1n) is 4.03. The van der Waals surface area contributed by atoms with Gasteiger partial charge in [0.15, 0.2) is 6.29 Å². The molecule has 0 rings (SSSR count). The molecule has 0 aromatic carbocycles. The van der Waals surface area contributed by atoms with Crippen LogP contribution in [-0.4, -0.2) is 57.7 Å². The summed E-state index contributed by atoms with van der Waals surface area (Å²) in [7, 11) is -5.30. The van der Waals surface area contributed by atoms with Gasteiger partial charge < -0.3 is 44.1 Å². The van der Waals surface area contributed by atoms with Crippen LogP contribution in [0.3, 0.4) is 0 Å². The van der Waals surface area contributed by atoms with E-state index in [-0.39, 0.29) is 23.4 Å². The standard InChI is InChI=1S/C6H13O9P.Mn/c7-1-3(8)5(10)6(11)4(9)2-15-16(12,13)14;/h1,3-6,8-11H,2H2,(H2,12,13,14);/q;+2/p-2. The smallest absolute Gasteiger partial charge is 0.790 e. The summed E-state index contributed by atoms with van der Waals surface area (Å²) in [6, 6.07) is 0. The summed E-state index contributed by atoms with van der Waals surface area (Å²) >= 11 is 0. The van der Waals surface area contributed by atoms with Crippen LogP contribution >= 0.6 is 7.82 Å². The van der Waals surface area contributed by atoms with E-state index in [1.807, 2.05) is 0 Å². The molecule has 0 bridgehead atoms. The fourth-order valence-corrected chi connectivity index (χ4v) is 1.11. The van der Waals surface area contributed by atoms with Gasteiger partial charge in [0.25, 0.3) is 0 Å². The van der Waals surface area contributed by atoms with Crippen LogP contribution in [0.4, 0.5) is 0 Å². The number of aliphatic hydroxyl groups is 4. The van der Waals surface area contributed by atoms with Gasteiger partial charge in [0.05, 0.1) is 14.4 Å². The molecule has 0 amide bonds. The first-order chi connectivity index (χ1) is 7.19. The first-order valence-corrected chi connectivity index (χ1v) is 5.49.